The van der Waals surface area contributed by atoms with Crippen molar-refractivity contribution in [3.05, 3.63) is 101 Å². The highest BCUT2D eigenvalue weighted by atomic mass is 35.5. The van der Waals surface area contributed by atoms with E-state index in [-0.39, 0.29) is 18.2 Å². The van der Waals surface area contributed by atoms with Gasteiger partial charge in [0.15, 0.2) is 0 Å². The maximum absolute atomic E-state index is 13.0. The molecule has 0 spiro atoms. The molecule has 3 N–H and O–H groups in total. The van der Waals surface area contributed by atoms with Crippen LogP contribution >= 0.6 is 11.6 Å². The fraction of sp³-hybridized carbons (Fsp3) is 0.125. The summed E-state index contributed by atoms with van der Waals surface area (Å²) < 4.78 is 0. The maximum atomic E-state index is 13.0. The number of primary amides is 1. The molecule has 3 aromatic carbocycles. The van der Waals surface area contributed by atoms with Gasteiger partial charge in [-0.05, 0) is 42.0 Å². The van der Waals surface area contributed by atoms with Gasteiger partial charge in [-0.1, -0.05) is 54.1 Å². The Kier molecular flexibility index (Phi) is 7.05. The second kappa shape index (κ2) is 9.91. The topological polar surface area (TPSA) is 92.5 Å². The highest BCUT2D eigenvalue weighted by molar-refractivity contribution is 6.33. The molecule has 0 aliphatic carbocycles. The second-order valence-electron chi connectivity index (χ2n) is 6.98. The predicted molar refractivity (Wildman–Crippen MR) is 121 cm³/mol. The molecule has 0 bridgehead atoms. The average molecular weight is 436 g/mol. The number of hydrogen-bond acceptors (Lipinski definition) is 3. The van der Waals surface area contributed by atoms with E-state index in [4.69, 9.17) is 17.3 Å². The van der Waals surface area contributed by atoms with E-state index in [0.29, 0.717) is 21.8 Å². The number of carbonyl (C=O) groups is 3. The van der Waals surface area contributed by atoms with Crippen LogP contribution in [0.1, 0.15) is 38.7 Å². The number of benzene rings is 3. The van der Waals surface area contributed by atoms with Crippen LogP contribution < -0.4 is 16.0 Å². The van der Waals surface area contributed by atoms with Crippen molar-refractivity contribution < 1.29 is 14.4 Å². The van der Waals surface area contributed by atoms with Gasteiger partial charge in [-0.25, -0.2) is 0 Å². The van der Waals surface area contributed by atoms with Crippen LogP contribution in [-0.2, 0) is 4.79 Å². The molecule has 3 rings (SSSR count). The van der Waals surface area contributed by atoms with Crippen molar-refractivity contribution in [1.82, 2.24) is 5.32 Å². The Morgan fingerprint density at radius 1 is 0.935 bits per heavy atom. The van der Waals surface area contributed by atoms with Gasteiger partial charge in [0, 0.05) is 18.3 Å². The second-order valence-corrected chi connectivity index (χ2v) is 7.39. The quantitative estimate of drug-likeness (QED) is 0.588. The molecule has 0 fully saturated rings. The highest BCUT2D eigenvalue weighted by Gasteiger charge is 2.22. The van der Waals surface area contributed by atoms with Crippen molar-refractivity contribution >= 4 is 35.0 Å². The Morgan fingerprint density at radius 2 is 1.55 bits per heavy atom. The summed E-state index contributed by atoms with van der Waals surface area (Å²) in [5.41, 5.74) is 7.38. The van der Waals surface area contributed by atoms with Crippen LogP contribution in [0.5, 0.6) is 0 Å². The molecule has 0 heterocycles. The number of carbonyl (C=O) groups excluding carboxylic acids is 3. The first-order valence-electron chi connectivity index (χ1n) is 9.63. The molecule has 3 aromatic rings. The van der Waals surface area contributed by atoms with E-state index in [1.165, 1.54) is 4.90 Å². The summed E-state index contributed by atoms with van der Waals surface area (Å²) in [6.07, 6.45) is 0.0360. The van der Waals surface area contributed by atoms with Crippen molar-refractivity contribution in [1.29, 1.82) is 0 Å². The van der Waals surface area contributed by atoms with E-state index >= 15 is 0 Å². The standard InChI is InChI=1S/C24H22ClN3O3/c1-28(18-13-11-17(12-14-18)23(26)30)22(29)15-21(16-7-3-2-4-8-16)27-24(31)19-9-5-6-10-20(19)25/h2-14,21H,15H2,1H3,(H2,26,30)(H,27,31). The molecular formula is C24H22ClN3O3. The summed E-state index contributed by atoms with van der Waals surface area (Å²) in [6, 6.07) is 21.9. The molecule has 3 amide bonds. The lowest BCUT2D eigenvalue weighted by Gasteiger charge is -2.23. The molecule has 0 radical (unpaired) electrons. The van der Waals surface area contributed by atoms with E-state index in [9.17, 15) is 14.4 Å². The number of nitrogens with two attached hydrogens (primary N) is 1. The summed E-state index contributed by atoms with van der Waals surface area (Å²) in [7, 11) is 1.64. The summed E-state index contributed by atoms with van der Waals surface area (Å²) >= 11 is 6.15. The zero-order valence-corrected chi connectivity index (χ0v) is 17.7. The van der Waals surface area contributed by atoms with Crippen LogP contribution in [0, 0.1) is 0 Å². The van der Waals surface area contributed by atoms with Crippen molar-refractivity contribution in [3.8, 4) is 0 Å². The Bertz CT molecular complexity index is 1080. The van der Waals surface area contributed by atoms with E-state index in [0.717, 1.165) is 5.56 Å². The number of amides is 3. The maximum Gasteiger partial charge on any atom is 0.253 e. The zero-order valence-electron chi connectivity index (χ0n) is 16.9. The SMILES string of the molecule is CN(C(=O)CC(NC(=O)c1ccccc1Cl)c1ccccc1)c1ccc(C(N)=O)cc1. The monoisotopic (exact) mass is 435 g/mol. The van der Waals surface area contributed by atoms with Crippen molar-refractivity contribution in [3.63, 3.8) is 0 Å². The average Bonchev–Trinajstić information content (AvgIpc) is 2.79. The van der Waals surface area contributed by atoms with Gasteiger partial charge >= 0.3 is 0 Å². The van der Waals surface area contributed by atoms with E-state index < -0.39 is 11.9 Å². The zero-order chi connectivity index (χ0) is 22.4. The smallest absolute Gasteiger partial charge is 0.253 e. The fourth-order valence-electron chi connectivity index (χ4n) is 3.12. The summed E-state index contributed by atoms with van der Waals surface area (Å²) in [4.78, 5) is 38.5. The van der Waals surface area contributed by atoms with Gasteiger partial charge in [0.1, 0.15) is 0 Å². The predicted octanol–water partition coefficient (Wildman–Crippen LogP) is 3.96. The summed E-state index contributed by atoms with van der Waals surface area (Å²) in [5, 5.41) is 3.26. The van der Waals surface area contributed by atoms with Gasteiger partial charge in [-0.2, -0.15) is 0 Å². The Hall–Kier alpha value is -3.64. The van der Waals surface area contributed by atoms with Gasteiger partial charge in [-0.15, -0.1) is 0 Å². The largest absolute Gasteiger partial charge is 0.366 e. The number of anilines is 1. The number of nitrogens with one attached hydrogen (secondary N) is 1. The molecule has 7 heteroatoms. The Labute approximate surface area is 185 Å². The Balaban J connectivity index is 1.80. The molecule has 0 aromatic heterocycles. The first kappa shape index (κ1) is 22.1. The van der Waals surface area contributed by atoms with Crippen LogP contribution in [-0.4, -0.2) is 24.8 Å². The molecule has 31 heavy (non-hydrogen) atoms. The first-order chi connectivity index (χ1) is 14.9. The van der Waals surface area contributed by atoms with Gasteiger partial charge in [0.2, 0.25) is 11.8 Å². The van der Waals surface area contributed by atoms with Gasteiger partial charge in [0.05, 0.1) is 23.0 Å². The van der Waals surface area contributed by atoms with E-state index in [2.05, 4.69) is 5.32 Å². The van der Waals surface area contributed by atoms with Gasteiger partial charge < -0.3 is 16.0 Å². The number of halogens is 1. The van der Waals surface area contributed by atoms with Crippen LogP contribution in [0.3, 0.4) is 0 Å². The minimum Gasteiger partial charge on any atom is -0.366 e. The molecular weight excluding hydrogens is 414 g/mol. The third kappa shape index (κ3) is 5.49. The van der Waals surface area contributed by atoms with Crippen LogP contribution in [0.15, 0.2) is 78.9 Å². The normalized spacial score (nSPS) is 11.4. The van der Waals surface area contributed by atoms with Crippen LogP contribution in [0.4, 0.5) is 5.69 Å². The lowest BCUT2D eigenvalue weighted by atomic mass is 10.0. The molecule has 0 aliphatic rings. The molecule has 158 valence electrons. The molecule has 6 nitrogen and oxygen atoms in total. The lowest BCUT2D eigenvalue weighted by Crippen LogP contribution is -2.35. The third-order valence-electron chi connectivity index (χ3n) is 4.92. The lowest BCUT2D eigenvalue weighted by molar-refractivity contribution is -0.118. The van der Waals surface area contributed by atoms with Crippen molar-refractivity contribution in [2.45, 2.75) is 12.5 Å². The molecule has 0 saturated carbocycles. The van der Waals surface area contributed by atoms with Crippen molar-refractivity contribution in [2.75, 3.05) is 11.9 Å². The van der Waals surface area contributed by atoms with Gasteiger partial charge in [-0.3, -0.25) is 14.4 Å². The third-order valence-corrected chi connectivity index (χ3v) is 5.25. The van der Waals surface area contributed by atoms with Crippen LogP contribution in [0.2, 0.25) is 5.02 Å². The number of hydrogen-bond donors (Lipinski definition) is 2. The number of rotatable bonds is 7. The molecule has 1 atom stereocenters. The minimum atomic E-state index is -0.551. The fourth-order valence-corrected chi connectivity index (χ4v) is 3.35. The Morgan fingerprint density at radius 3 is 2.16 bits per heavy atom. The molecule has 0 aliphatic heterocycles. The minimum absolute atomic E-state index is 0.0360. The van der Waals surface area contributed by atoms with E-state index in [1.54, 1.807) is 55.6 Å². The van der Waals surface area contributed by atoms with Crippen LogP contribution in [0.25, 0.3) is 0 Å². The van der Waals surface area contributed by atoms with E-state index in [1.807, 2.05) is 30.3 Å². The first-order valence-corrected chi connectivity index (χ1v) is 10.0. The van der Waals surface area contributed by atoms with Gasteiger partial charge in [0.25, 0.3) is 5.91 Å². The highest BCUT2D eigenvalue weighted by Crippen LogP contribution is 2.23. The molecule has 1 unspecified atom stereocenters. The molecule has 0 saturated heterocycles. The number of nitrogens with zero attached hydrogens (tertiary/aromatic N) is 1. The summed E-state index contributed by atoms with van der Waals surface area (Å²) in [6.45, 7) is 0. The summed E-state index contributed by atoms with van der Waals surface area (Å²) in [5.74, 6) is -1.10. The van der Waals surface area contributed by atoms with Crippen molar-refractivity contribution in [2.24, 2.45) is 5.73 Å².